The first-order valence-corrected chi connectivity index (χ1v) is 18.9. The van der Waals surface area contributed by atoms with E-state index in [-0.39, 0.29) is 32.1 Å². The summed E-state index contributed by atoms with van der Waals surface area (Å²) in [5.41, 5.74) is 17.5. The number of amides is 7. The van der Waals surface area contributed by atoms with Crippen LogP contribution in [0.3, 0.4) is 0 Å². The number of aliphatic carboxylic acids is 1. The van der Waals surface area contributed by atoms with Gasteiger partial charge in [0.15, 0.2) is 0 Å². The van der Waals surface area contributed by atoms with Crippen molar-refractivity contribution in [2.75, 3.05) is 13.2 Å². The van der Waals surface area contributed by atoms with E-state index in [4.69, 9.17) is 17.2 Å². The lowest BCUT2D eigenvalue weighted by Gasteiger charge is -2.27. The lowest BCUT2D eigenvalue weighted by Crippen LogP contribution is -2.60. The van der Waals surface area contributed by atoms with Crippen LogP contribution in [0.15, 0.2) is 42.9 Å². The fourth-order valence-corrected chi connectivity index (χ4v) is 5.55. The van der Waals surface area contributed by atoms with E-state index in [1.807, 2.05) is 0 Å². The summed E-state index contributed by atoms with van der Waals surface area (Å²) in [6.07, 6.45) is 2.95. The summed E-state index contributed by atoms with van der Waals surface area (Å²) in [4.78, 5) is 111. The molecule has 0 unspecified atom stereocenters. The van der Waals surface area contributed by atoms with Gasteiger partial charge in [-0.2, -0.15) is 0 Å². The van der Waals surface area contributed by atoms with E-state index in [0.29, 0.717) is 30.6 Å². The van der Waals surface area contributed by atoms with Gasteiger partial charge >= 0.3 is 5.97 Å². The minimum atomic E-state index is -1.45. The molecule has 0 bridgehead atoms. The van der Waals surface area contributed by atoms with Crippen LogP contribution >= 0.6 is 0 Å². The van der Waals surface area contributed by atoms with Crippen LogP contribution in [-0.4, -0.2) is 123 Å². The van der Waals surface area contributed by atoms with Crippen molar-refractivity contribution in [2.24, 2.45) is 23.1 Å². The third-order valence-electron chi connectivity index (χ3n) is 8.92. The standard InChI is InChI=1S/C37H57N11O10/c1-20(2)30(36(56)47-28(37(57)58)15-22-9-5-4-6-10-22)48-31(51)21(3)43-35(55)27(16-23-17-41-19-42-23)46-34(54)26(12-13-29(40)50)45-33(53)25(11-7-8-14-38)44-32(52)24(39)18-49/h4-6,9-10,17,19-21,24-28,30,49H,7-8,11-16,18,38-39H2,1-3H3,(H2,40,50)(H,41,42)(H,43,55)(H,44,52)(H,45,53)(H,46,54)(H,47,56)(H,48,51)(H,57,58)/t21-,24-,25-,26-,27-,28-,30-/m0/s1. The Labute approximate surface area is 335 Å². The van der Waals surface area contributed by atoms with Gasteiger partial charge in [-0.05, 0) is 50.6 Å². The number of hydrogen-bond acceptors (Lipinski definition) is 12. The van der Waals surface area contributed by atoms with E-state index in [0.717, 1.165) is 0 Å². The molecule has 58 heavy (non-hydrogen) atoms. The molecule has 0 radical (unpaired) electrons. The molecular weight excluding hydrogens is 758 g/mol. The third kappa shape index (κ3) is 16.7. The maximum Gasteiger partial charge on any atom is 0.326 e. The highest BCUT2D eigenvalue weighted by Gasteiger charge is 2.34. The number of benzene rings is 1. The number of aromatic amines is 1. The average molecular weight is 816 g/mol. The van der Waals surface area contributed by atoms with Gasteiger partial charge in [-0.25, -0.2) is 9.78 Å². The van der Waals surface area contributed by atoms with Crippen LogP contribution in [0, 0.1) is 5.92 Å². The van der Waals surface area contributed by atoms with Crippen molar-refractivity contribution >= 4 is 47.3 Å². The van der Waals surface area contributed by atoms with Crippen molar-refractivity contribution in [2.45, 2.75) is 108 Å². The number of aromatic nitrogens is 2. The van der Waals surface area contributed by atoms with Crippen LogP contribution in [0.25, 0.3) is 0 Å². The van der Waals surface area contributed by atoms with E-state index >= 15 is 0 Å². The molecule has 0 aliphatic carbocycles. The summed E-state index contributed by atoms with van der Waals surface area (Å²) in [7, 11) is 0. The summed E-state index contributed by atoms with van der Waals surface area (Å²) >= 11 is 0. The molecule has 1 aromatic carbocycles. The number of carbonyl (C=O) groups is 8. The maximum absolute atomic E-state index is 13.8. The molecule has 0 saturated heterocycles. The van der Waals surface area contributed by atoms with Crippen LogP contribution in [0.4, 0.5) is 0 Å². The monoisotopic (exact) mass is 815 g/mol. The van der Waals surface area contributed by atoms with Crippen LogP contribution < -0.4 is 49.1 Å². The van der Waals surface area contributed by atoms with Gasteiger partial charge in [0.2, 0.25) is 41.4 Å². The molecule has 1 aromatic heterocycles. The first kappa shape index (κ1) is 48.2. The molecule has 0 saturated carbocycles. The molecule has 7 atom stereocenters. The minimum absolute atomic E-state index is 0.00537. The van der Waals surface area contributed by atoms with E-state index in [9.17, 15) is 48.6 Å². The summed E-state index contributed by atoms with van der Waals surface area (Å²) in [5, 5.41) is 34.1. The Morgan fingerprint density at radius 2 is 1.31 bits per heavy atom. The molecule has 15 N–H and O–H groups in total. The van der Waals surface area contributed by atoms with Crippen LogP contribution in [0.1, 0.15) is 64.1 Å². The van der Waals surface area contributed by atoms with Gasteiger partial charge in [-0.15, -0.1) is 0 Å². The second-order valence-corrected chi connectivity index (χ2v) is 14.1. The Kier molecular flexibility index (Phi) is 20.5. The Morgan fingerprint density at radius 1 is 0.724 bits per heavy atom. The number of imidazole rings is 1. The molecule has 2 rings (SSSR count). The second kappa shape index (κ2) is 24.6. The number of H-pyrrole nitrogens is 1. The van der Waals surface area contributed by atoms with Crippen molar-refractivity contribution in [1.82, 2.24) is 41.9 Å². The van der Waals surface area contributed by atoms with Gasteiger partial charge in [-0.3, -0.25) is 33.6 Å². The molecule has 2 aromatic rings. The highest BCUT2D eigenvalue weighted by Crippen LogP contribution is 2.09. The number of rotatable bonds is 26. The first-order valence-electron chi connectivity index (χ1n) is 18.9. The van der Waals surface area contributed by atoms with Gasteiger partial charge in [0.05, 0.1) is 18.6 Å². The van der Waals surface area contributed by atoms with E-state index in [1.54, 1.807) is 44.2 Å². The number of hydrogen-bond donors (Lipinski definition) is 12. The fraction of sp³-hybridized carbons (Fsp3) is 0.541. The van der Waals surface area contributed by atoms with Crippen LogP contribution in [-0.2, 0) is 51.2 Å². The molecule has 21 nitrogen and oxygen atoms in total. The predicted molar refractivity (Wildman–Crippen MR) is 209 cm³/mol. The normalized spacial score (nSPS) is 14.7. The molecule has 0 fully saturated rings. The highest BCUT2D eigenvalue weighted by atomic mass is 16.4. The van der Waals surface area contributed by atoms with Crippen molar-refractivity contribution in [3.63, 3.8) is 0 Å². The number of primary amides is 1. The molecule has 0 aliphatic heterocycles. The number of aliphatic hydroxyl groups excluding tert-OH is 1. The van der Waals surface area contributed by atoms with E-state index in [1.165, 1.54) is 19.4 Å². The van der Waals surface area contributed by atoms with Crippen molar-refractivity contribution < 1.29 is 48.6 Å². The van der Waals surface area contributed by atoms with E-state index < -0.39 is 102 Å². The Morgan fingerprint density at radius 3 is 1.86 bits per heavy atom. The summed E-state index contributed by atoms with van der Waals surface area (Å²) in [5.74, 6) is -7.53. The van der Waals surface area contributed by atoms with E-state index in [2.05, 4.69) is 41.9 Å². The van der Waals surface area contributed by atoms with Crippen LogP contribution in [0.2, 0.25) is 0 Å². The zero-order chi connectivity index (χ0) is 43.4. The zero-order valence-electron chi connectivity index (χ0n) is 32.9. The summed E-state index contributed by atoms with van der Waals surface area (Å²) in [6.45, 7) is 4.23. The number of nitrogens with zero attached hydrogens (tertiary/aromatic N) is 1. The Hall–Kier alpha value is -5.93. The van der Waals surface area contributed by atoms with Gasteiger partial charge in [0.25, 0.3) is 0 Å². The average Bonchev–Trinajstić information content (AvgIpc) is 3.70. The van der Waals surface area contributed by atoms with Crippen molar-refractivity contribution in [3.8, 4) is 0 Å². The lowest BCUT2D eigenvalue weighted by atomic mass is 10.0. The van der Waals surface area contributed by atoms with Crippen molar-refractivity contribution in [1.29, 1.82) is 0 Å². The quantitative estimate of drug-likeness (QED) is 0.0412. The van der Waals surface area contributed by atoms with Gasteiger partial charge in [0.1, 0.15) is 42.3 Å². The molecular formula is C37H57N11O10. The molecule has 1 heterocycles. The summed E-state index contributed by atoms with van der Waals surface area (Å²) < 4.78 is 0. The molecule has 320 valence electrons. The molecule has 7 amide bonds. The second-order valence-electron chi connectivity index (χ2n) is 14.1. The van der Waals surface area contributed by atoms with Gasteiger partial charge in [-0.1, -0.05) is 44.2 Å². The molecule has 0 spiro atoms. The number of nitrogens with two attached hydrogens (primary N) is 3. The highest BCUT2D eigenvalue weighted by molar-refractivity contribution is 5.97. The number of nitrogens with one attached hydrogen (secondary N) is 7. The third-order valence-corrected chi connectivity index (χ3v) is 8.92. The number of carboxylic acids is 1. The first-order chi connectivity index (χ1) is 27.5. The Balaban J connectivity index is 2.24. The van der Waals surface area contributed by atoms with Crippen molar-refractivity contribution in [3.05, 3.63) is 54.1 Å². The largest absolute Gasteiger partial charge is 0.480 e. The zero-order valence-corrected chi connectivity index (χ0v) is 32.9. The lowest BCUT2D eigenvalue weighted by molar-refractivity contribution is -0.142. The fourth-order valence-electron chi connectivity index (χ4n) is 5.55. The smallest absolute Gasteiger partial charge is 0.326 e. The maximum atomic E-state index is 13.8. The van der Waals surface area contributed by atoms with Crippen LogP contribution in [0.5, 0.6) is 0 Å². The molecule has 21 heteroatoms. The number of carbonyl (C=O) groups excluding carboxylic acids is 7. The minimum Gasteiger partial charge on any atom is -0.480 e. The predicted octanol–water partition coefficient (Wildman–Crippen LogP) is -3.42. The number of carboxylic acid groups (broad SMARTS) is 1. The SMILES string of the molecule is CC(C)[C@H](NC(=O)[C@H](C)NC(=O)[C@H](Cc1c[nH]cn1)NC(=O)[C@H](CCC(N)=O)NC(=O)[C@H](CCCCN)NC(=O)[C@@H](N)CO)C(=O)N[C@@H](Cc1ccccc1)C(=O)O. The Bertz CT molecular complexity index is 1680. The topological polar surface area (TPSA) is 356 Å². The number of aliphatic hydroxyl groups is 1. The number of unbranched alkanes of at least 4 members (excludes halogenated alkanes) is 1. The van der Waals surface area contributed by atoms with Gasteiger partial charge in [0, 0.05) is 25.5 Å². The van der Waals surface area contributed by atoms with Gasteiger partial charge < -0.3 is 64.3 Å². The summed E-state index contributed by atoms with van der Waals surface area (Å²) in [6, 6.07) is -0.486. The molecule has 0 aliphatic rings.